The highest BCUT2D eigenvalue weighted by Crippen LogP contribution is 1.89. The summed E-state index contributed by atoms with van der Waals surface area (Å²) in [4.78, 5) is 6.85. The highest BCUT2D eigenvalue weighted by atomic mass is 16.3. The maximum atomic E-state index is 8.41. The fraction of sp³-hybridized carbons (Fsp3) is 0. The summed E-state index contributed by atoms with van der Waals surface area (Å²) in [5.74, 6) is 0. The largest absolute Gasteiger partial charge is 0.479 e. The van der Waals surface area contributed by atoms with E-state index in [1.807, 2.05) is 0 Å². The molecule has 5 heteroatoms. The van der Waals surface area contributed by atoms with Gasteiger partial charge in [0.2, 0.25) is 0 Å². The zero-order valence-electron chi connectivity index (χ0n) is 4.78. The average Bonchev–Trinajstić information content (AvgIpc) is 1.69. The molecule has 0 unspecified atom stereocenters. The maximum absolute atomic E-state index is 8.41. The van der Waals surface area contributed by atoms with Crippen molar-refractivity contribution < 1.29 is 10.6 Å². The van der Waals surface area contributed by atoms with E-state index in [1.54, 1.807) is 6.07 Å². The van der Waals surface area contributed by atoms with Gasteiger partial charge in [-0.2, -0.15) is 0 Å². The van der Waals surface area contributed by atoms with Gasteiger partial charge in [-0.3, -0.25) is 0 Å². The SMILES string of the molecule is N.O.Oc1ncccn1. The molecule has 0 saturated carbocycles. The van der Waals surface area contributed by atoms with Crippen molar-refractivity contribution in [3.8, 4) is 6.01 Å². The average molecular weight is 131 g/mol. The van der Waals surface area contributed by atoms with Gasteiger partial charge in [-0.1, -0.05) is 0 Å². The van der Waals surface area contributed by atoms with Crippen LogP contribution in [0.25, 0.3) is 0 Å². The lowest BCUT2D eigenvalue weighted by Gasteiger charge is -1.80. The van der Waals surface area contributed by atoms with Crippen LogP contribution in [-0.4, -0.2) is 20.6 Å². The molecule has 0 saturated heterocycles. The molecular formula is C4H9N3O2. The van der Waals surface area contributed by atoms with Crippen molar-refractivity contribution in [3.05, 3.63) is 18.5 Å². The number of hydrogen-bond donors (Lipinski definition) is 2. The minimum absolute atomic E-state index is 0. The summed E-state index contributed by atoms with van der Waals surface area (Å²) in [6, 6.07) is 1.46. The van der Waals surface area contributed by atoms with Crippen LogP contribution in [-0.2, 0) is 0 Å². The van der Waals surface area contributed by atoms with Crippen LogP contribution < -0.4 is 6.15 Å². The van der Waals surface area contributed by atoms with Crippen LogP contribution in [0, 0.1) is 0 Å². The Morgan fingerprint density at radius 1 is 1.22 bits per heavy atom. The van der Waals surface area contributed by atoms with Crippen molar-refractivity contribution in [2.24, 2.45) is 0 Å². The zero-order valence-corrected chi connectivity index (χ0v) is 4.78. The third-order valence-electron chi connectivity index (χ3n) is 0.552. The minimum Gasteiger partial charge on any atom is -0.479 e. The Bertz CT molecular complexity index is 144. The lowest BCUT2D eigenvalue weighted by atomic mass is 10.7. The monoisotopic (exact) mass is 131 g/mol. The molecule has 0 fully saturated rings. The van der Waals surface area contributed by atoms with Gasteiger partial charge in [0, 0.05) is 12.4 Å². The highest BCUT2D eigenvalue weighted by Gasteiger charge is 1.78. The predicted octanol–water partition coefficient (Wildman–Crippen LogP) is -0.481. The maximum Gasteiger partial charge on any atom is 0.313 e. The van der Waals surface area contributed by atoms with Gasteiger partial charge < -0.3 is 16.7 Å². The topological polar surface area (TPSA) is 113 Å². The molecule has 52 valence electrons. The van der Waals surface area contributed by atoms with E-state index in [4.69, 9.17) is 5.11 Å². The summed E-state index contributed by atoms with van der Waals surface area (Å²) in [5.41, 5.74) is 0. The molecule has 0 aromatic carbocycles. The van der Waals surface area contributed by atoms with Gasteiger partial charge in [0.05, 0.1) is 0 Å². The molecule has 1 rings (SSSR count). The first-order valence-electron chi connectivity index (χ1n) is 1.85. The van der Waals surface area contributed by atoms with Crippen LogP contribution in [0.15, 0.2) is 18.5 Å². The second-order valence-corrected chi connectivity index (χ2v) is 1.05. The molecule has 1 heterocycles. The molecule has 1 aromatic heterocycles. The molecule has 0 amide bonds. The lowest BCUT2D eigenvalue weighted by Crippen LogP contribution is -1.73. The van der Waals surface area contributed by atoms with Crippen LogP contribution in [0.3, 0.4) is 0 Å². The first-order valence-corrected chi connectivity index (χ1v) is 1.85. The van der Waals surface area contributed by atoms with Crippen LogP contribution >= 0.6 is 0 Å². The van der Waals surface area contributed by atoms with Gasteiger partial charge >= 0.3 is 6.01 Å². The predicted molar refractivity (Wildman–Crippen MR) is 32.3 cm³/mol. The van der Waals surface area contributed by atoms with Crippen LogP contribution in [0.4, 0.5) is 0 Å². The summed E-state index contributed by atoms with van der Waals surface area (Å²) < 4.78 is 0. The van der Waals surface area contributed by atoms with Crippen molar-refractivity contribution in [1.82, 2.24) is 16.1 Å². The van der Waals surface area contributed by atoms with E-state index < -0.39 is 0 Å². The molecular weight excluding hydrogens is 122 g/mol. The minimum atomic E-state index is -0.178. The number of nitrogens with zero attached hydrogens (tertiary/aromatic N) is 2. The zero-order chi connectivity index (χ0) is 5.11. The number of aromatic hydroxyl groups is 1. The fourth-order valence-corrected chi connectivity index (χ4v) is 0.291. The summed E-state index contributed by atoms with van der Waals surface area (Å²) in [7, 11) is 0. The van der Waals surface area contributed by atoms with E-state index in [2.05, 4.69) is 9.97 Å². The fourth-order valence-electron chi connectivity index (χ4n) is 0.291. The van der Waals surface area contributed by atoms with Gasteiger partial charge in [-0.05, 0) is 6.07 Å². The molecule has 5 nitrogen and oxygen atoms in total. The van der Waals surface area contributed by atoms with E-state index >= 15 is 0 Å². The third-order valence-corrected chi connectivity index (χ3v) is 0.552. The van der Waals surface area contributed by atoms with Gasteiger partial charge in [0.15, 0.2) is 0 Å². The number of aromatic nitrogens is 2. The molecule has 0 bridgehead atoms. The van der Waals surface area contributed by atoms with Crippen molar-refractivity contribution in [1.29, 1.82) is 0 Å². The molecule has 0 radical (unpaired) electrons. The Kier molecular flexibility index (Phi) is 5.89. The molecule has 0 aliphatic rings. The van der Waals surface area contributed by atoms with Crippen molar-refractivity contribution in [2.45, 2.75) is 0 Å². The van der Waals surface area contributed by atoms with Crippen LogP contribution in [0.5, 0.6) is 6.01 Å². The first-order chi connectivity index (χ1) is 3.39. The molecule has 6 N–H and O–H groups in total. The van der Waals surface area contributed by atoms with E-state index in [-0.39, 0.29) is 17.6 Å². The summed E-state index contributed by atoms with van der Waals surface area (Å²) in [6.45, 7) is 0. The Morgan fingerprint density at radius 3 is 1.89 bits per heavy atom. The normalized spacial score (nSPS) is 6.67. The number of hydrogen-bond acceptors (Lipinski definition) is 4. The second-order valence-electron chi connectivity index (χ2n) is 1.05. The molecule has 0 spiro atoms. The third kappa shape index (κ3) is 3.39. The van der Waals surface area contributed by atoms with Crippen LogP contribution in [0.1, 0.15) is 0 Å². The van der Waals surface area contributed by atoms with Crippen molar-refractivity contribution in [2.75, 3.05) is 0 Å². The Balaban J connectivity index is 0. The van der Waals surface area contributed by atoms with E-state index in [9.17, 15) is 0 Å². The molecule has 0 aliphatic heterocycles. The van der Waals surface area contributed by atoms with Crippen molar-refractivity contribution >= 4 is 0 Å². The Labute approximate surface area is 52.3 Å². The Morgan fingerprint density at radius 2 is 1.67 bits per heavy atom. The van der Waals surface area contributed by atoms with E-state index in [0.29, 0.717) is 0 Å². The van der Waals surface area contributed by atoms with Crippen LogP contribution in [0.2, 0.25) is 0 Å². The summed E-state index contributed by atoms with van der Waals surface area (Å²) >= 11 is 0. The van der Waals surface area contributed by atoms with Crippen molar-refractivity contribution in [3.63, 3.8) is 0 Å². The van der Waals surface area contributed by atoms with E-state index in [1.165, 1.54) is 12.4 Å². The molecule has 1 aromatic rings. The molecule has 0 aliphatic carbocycles. The standard InChI is InChI=1S/C4H4N2O.H3N.H2O/c7-4-5-2-1-3-6-4;;/h1-3H,(H,5,6,7);1H3;1H2. The Hall–Kier alpha value is -1.20. The smallest absolute Gasteiger partial charge is 0.313 e. The van der Waals surface area contributed by atoms with Gasteiger partial charge in [0.1, 0.15) is 0 Å². The summed E-state index contributed by atoms with van der Waals surface area (Å²) in [6.07, 6.45) is 2.95. The number of rotatable bonds is 0. The molecule has 9 heavy (non-hydrogen) atoms. The summed E-state index contributed by atoms with van der Waals surface area (Å²) in [5, 5.41) is 8.41. The van der Waals surface area contributed by atoms with Gasteiger partial charge in [-0.15, -0.1) is 0 Å². The van der Waals surface area contributed by atoms with Gasteiger partial charge in [0.25, 0.3) is 0 Å². The molecule has 0 atom stereocenters. The highest BCUT2D eigenvalue weighted by molar-refractivity contribution is 4.89. The lowest BCUT2D eigenvalue weighted by molar-refractivity contribution is 0.430. The van der Waals surface area contributed by atoms with Gasteiger partial charge in [-0.25, -0.2) is 9.97 Å². The van der Waals surface area contributed by atoms with E-state index in [0.717, 1.165) is 0 Å². The second kappa shape index (κ2) is 4.95. The quantitative estimate of drug-likeness (QED) is 0.495. The first kappa shape index (κ1) is 10.7.